The summed E-state index contributed by atoms with van der Waals surface area (Å²) in [5, 5.41) is 8.43. The highest BCUT2D eigenvalue weighted by Crippen LogP contribution is 2.19. The minimum absolute atomic E-state index is 0.224. The van der Waals surface area contributed by atoms with E-state index in [9.17, 15) is 19.2 Å². The first-order chi connectivity index (χ1) is 11.7. The molecule has 0 aromatic heterocycles. The van der Waals surface area contributed by atoms with E-state index in [1.165, 1.54) is 33.0 Å². The van der Waals surface area contributed by atoms with Crippen LogP contribution in [0.5, 0.6) is 0 Å². The van der Waals surface area contributed by atoms with Crippen LogP contribution in [0, 0.1) is 5.41 Å². The van der Waals surface area contributed by atoms with Gasteiger partial charge in [-0.05, 0) is 13.8 Å². The van der Waals surface area contributed by atoms with Gasteiger partial charge in [-0.15, -0.1) is 0 Å². The molecule has 0 heterocycles. The molecule has 1 N–H and O–H groups in total. The van der Waals surface area contributed by atoms with Crippen molar-refractivity contribution in [2.75, 3.05) is 47.1 Å². The second-order valence-corrected chi connectivity index (χ2v) is 5.77. The summed E-state index contributed by atoms with van der Waals surface area (Å²) in [6, 6.07) is 0. The number of amides is 1. The minimum atomic E-state index is -1.30. The summed E-state index contributed by atoms with van der Waals surface area (Å²) >= 11 is 0. The quantitative estimate of drug-likeness (QED) is 0.291. The van der Waals surface area contributed by atoms with Crippen LogP contribution in [0.25, 0.3) is 0 Å². The van der Waals surface area contributed by atoms with E-state index in [-0.39, 0.29) is 32.9 Å². The molecule has 9 heteroatoms. The molecule has 142 valence electrons. The fourth-order valence-corrected chi connectivity index (χ4v) is 1.66. The molecule has 0 unspecified atom stereocenters. The van der Waals surface area contributed by atoms with Crippen LogP contribution in [-0.2, 0) is 33.4 Å². The summed E-state index contributed by atoms with van der Waals surface area (Å²) in [6.07, 6.45) is 1.35. The van der Waals surface area contributed by atoms with Crippen molar-refractivity contribution in [1.82, 2.24) is 4.90 Å². The maximum atomic E-state index is 12.4. The molecule has 0 radical (unpaired) electrons. The average Bonchev–Trinajstić information content (AvgIpc) is 2.57. The zero-order chi connectivity index (χ0) is 19.5. The first-order valence-electron chi connectivity index (χ1n) is 7.55. The molecular weight excluding hydrogens is 334 g/mol. The summed E-state index contributed by atoms with van der Waals surface area (Å²) in [4.78, 5) is 47.9. The van der Waals surface area contributed by atoms with E-state index in [4.69, 9.17) is 19.3 Å². The smallest absolute Gasteiger partial charge is 0.331 e. The Morgan fingerprint density at radius 2 is 1.52 bits per heavy atom. The zero-order valence-corrected chi connectivity index (χ0v) is 14.9. The molecule has 25 heavy (non-hydrogen) atoms. The Labute approximate surface area is 146 Å². The molecule has 0 aliphatic heterocycles. The molecule has 0 rings (SSSR count). The molecule has 0 saturated carbocycles. The summed E-state index contributed by atoms with van der Waals surface area (Å²) in [6.45, 7) is 3.54. The zero-order valence-electron chi connectivity index (χ0n) is 14.9. The number of ketones is 1. The van der Waals surface area contributed by atoms with E-state index in [2.05, 4.69) is 0 Å². The summed E-state index contributed by atoms with van der Waals surface area (Å²) < 4.78 is 14.7. The number of aliphatic carboxylic acids is 1. The van der Waals surface area contributed by atoms with E-state index >= 15 is 0 Å². The van der Waals surface area contributed by atoms with Gasteiger partial charge in [-0.1, -0.05) is 0 Å². The van der Waals surface area contributed by atoms with E-state index < -0.39 is 29.0 Å². The molecule has 0 aromatic rings. The van der Waals surface area contributed by atoms with Crippen molar-refractivity contribution >= 4 is 23.6 Å². The van der Waals surface area contributed by atoms with Crippen molar-refractivity contribution in [3.05, 3.63) is 12.2 Å². The van der Waals surface area contributed by atoms with Gasteiger partial charge in [-0.2, -0.15) is 0 Å². The fraction of sp³-hybridized carbons (Fsp3) is 0.625. The molecule has 0 aliphatic carbocycles. The van der Waals surface area contributed by atoms with Gasteiger partial charge in [-0.25, -0.2) is 9.59 Å². The lowest BCUT2D eigenvalue weighted by atomic mass is 9.88. The molecule has 0 spiro atoms. The van der Waals surface area contributed by atoms with Crippen LogP contribution in [0.2, 0.25) is 0 Å². The Morgan fingerprint density at radius 1 is 1.00 bits per heavy atom. The highest BCUT2D eigenvalue weighted by molar-refractivity contribution is 6.38. The molecule has 0 saturated heterocycles. The SMILES string of the molecule is COCCN(CCOC)C(=O)C(=O)C(C)(C)COC(=O)/C=C/C(=O)O. The predicted octanol–water partition coefficient (Wildman–Crippen LogP) is -0.113. The van der Waals surface area contributed by atoms with Crippen LogP contribution in [0.1, 0.15) is 13.8 Å². The minimum Gasteiger partial charge on any atom is -0.478 e. The summed E-state index contributed by atoms with van der Waals surface area (Å²) in [7, 11) is 2.96. The number of methoxy groups -OCH3 is 2. The first kappa shape index (κ1) is 22.7. The third kappa shape index (κ3) is 8.96. The average molecular weight is 359 g/mol. The molecule has 0 bridgehead atoms. The van der Waals surface area contributed by atoms with Crippen molar-refractivity contribution in [3.8, 4) is 0 Å². The summed E-state index contributed by atoms with van der Waals surface area (Å²) in [5.41, 5.74) is -1.26. The van der Waals surface area contributed by atoms with E-state index in [0.717, 1.165) is 6.08 Å². The number of rotatable bonds is 12. The van der Waals surface area contributed by atoms with Gasteiger partial charge in [0.15, 0.2) is 0 Å². The maximum absolute atomic E-state index is 12.4. The Hall–Kier alpha value is -2.26. The molecule has 0 aliphatic rings. The second kappa shape index (κ2) is 11.3. The van der Waals surface area contributed by atoms with Crippen LogP contribution in [0.3, 0.4) is 0 Å². The number of hydrogen-bond acceptors (Lipinski definition) is 7. The molecule has 1 amide bonds. The molecule has 9 nitrogen and oxygen atoms in total. The standard InChI is InChI=1S/C16H25NO8/c1-16(2,11-25-13(20)6-5-12(18)19)14(21)15(22)17(7-9-23-3)8-10-24-4/h5-6H,7-11H2,1-4H3,(H,18,19)/b6-5+. The number of carbonyl (C=O) groups excluding carboxylic acids is 3. The van der Waals surface area contributed by atoms with Gasteiger partial charge >= 0.3 is 11.9 Å². The number of carboxylic acid groups (broad SMARTS) is 1. The monoisotopic (exact) mass is 359 g/mol. The van der Waals surface area contributed by atoms with Gasteiger partial charge < -0.3 is 24.2 Å². The number of carbonyl (C=O) groups is 4. The molecule has 0 atom stereocenters. The third-order valence-electron chi connectivity index (χ3n) is 3.16. The van der Waals surface area contributed by atoms with Gasteiger partial charge in [0.05, 0.1) is 18.6 Å². The van der Waals surface area contributed by atoms with Crippen molar-refractivity contribution in [3.63, 3.8) is 0 Å². The van der Waals surface area contributed by atoms with Crippen molar-refractivity contribution in [2.24, 2.45) is 5.41 Å². The van der Waals surface area contributed by atoms with Crippen molar-refractivity contribution < 1.29 is 38.5 Å². The predicted molar refractivity (Wildman–Crippen MR) is 86.9 cm³/mol. The second-order valence-electron chi connectivity index (χ2n) is 5.77. The lowest BCUT2D eigenvalue weighted by Gasteiger charge is -2.27. The van der Waals surface area contributed by atoms with Crippen LogP contribution < -0.4 is 0 Å². The fourth-order valence-electron chi connectivity index (χ4n) is 1.66. The van der Waals surface area contributed by atoms with Gasteiger partial charge in [0, 0.05) is 39.5 Å². The number of ether oxygens (including phenoxy) is 3. The van der Waals surface area contributed by atoms with Crippen LogP contribution in [0.4, 0.5) is 0 Å². The van der Waals surface area contributed by atoms with Crippen molar-refractivity contribution in [2.45, 2.75) is 13.8 Å². The number of hydrogen-bond donors (Lipinski definition) is 1. The lowest BCUT2D eigenvalue weighted by Crippen LogP contribution is -2.46. The third-order valence-corrected chi connectivity index (χ3v) is 3.16. The Morgan fingerprint density at radius 3 is 1.96 bits per heavy atom. The van der Waals surface area contributed by atoms with E-state index in [1.54, 1.807) is 0 Å². The maximum Gasteiger partial charge on any atom is 0.331 e. The number of esters is 1. The van der Waals surface area contributed by atoms with Gasteiger partial charge in [-0.3, -0.25) is 9.59 Å². The van der Waals surface area contributed by atoms with Crippen LogP contribution in [-0.4, -0.2) is 80.8 Å². The van der Waals surface area contributed by atoms with Crippen molar-refractivity contribution in [1.29, 1.82) is 0 Å². The van der Waals surface area contributed by atoms with Gasteiger partial charge in [0.2, 0.25) is 5.78 Å². The Balaban J connectivity index is 4.84. The summed E-state index contributed by atoms with van der Waals surface area (Å²) in [5.74, 6) is -3.66. The van der Waals surface area contributed by atoms with Crippen LogP contribution in [0.15, 0.2) is 12.2 Å². The van der Waals surface area contributed by atoms with Crippen LogP contribution >= 0.6 is 0 Å². The van der Waals surface area contributed by atoms with Gasteiger partial charge in [0.1, 0.15) is 6.61 Å². The number of nitrogens with zero attached hydrogens (tertiary/aromatic N) is 1. The molecule has 0 aromatic carbocycles. The lowest BCUT2D eigenvalue weighted by molar-refractivity contribution is -0.154. The first-order valence-corrected chi connectivity index (χ1v) is 7.55. The highest BCUT2D eigenvalue weighted by Gasteiger charge is 2.36. The number of Topliss-reactive ketones (excluding diaryl/α,β-unsaturated/α-hetero) is 1. The molecular formula is C16H25NO8. The Kier molecular flexibility index (Phi) is 10.3. The highest BCUT2D eigenvalue weighted by atomic mass is 16.5. The number of carboxylic acids is 1. The Bertz CT molecular complexity index is 504. The van der Waals surface area contributed by atoms with E-state index in [1.807, 2.05) is 0 Å². The molecule has 0 fully saturated rings. The van der Waals surface area contributed by atoms with Gasteiger partial charge in [0.25, 0.3) is 5.91 Å². The normalized spacial score (nSPS) is 11.4. The topological polar surface area (TPSA) is 119 Å². The van der Waals surface area contributed by atoms with E-state index in [0.29, 0.717) is 6.08 Å². The largest absolute Gasteiger partial charge is 0.478 e.